The summed E-state index contributed by atoms with van der Waals surface area (Å²) in [6, 6.07) is 0.0752. The lowest BCUT2D eigenvalue weighted by molar-refractivity contribution is -0.163. The van der Waals surface area contributed by atoms with Crippen molar-refractivity contribution < 1.29 is 19.8 Å². The predicted octanol–water partition coefficient (Wildman–Crippen LogP) is 1.26. The molecule has 8 heteroatoms. The van der Waals surface area contributed by atoms with Crippen molar-refractivity contribution in [1.82, 2.24) is 15.1 Å². The number of hydrogen-bond donors (Lipinski definition) is 3. The Labute approximate surface area is 176 Å². The van der Waals surface area contributed by atoms with Gasteiger partial charge in [-0.3, -0.25) is 9.69 Å². The van der Waals surface area contributed by atoms with E-state index in [4.69, 9.17) is 0 Å². The minimum absolute atomic E-state index is 0.0619. The van der Waals surface area contributed by atoms with Crippen LogP contribution >= 0.6 is 11.8 Å². The number of carbonyl (C=O) groups is 2. The molecule has 0 radical (unpaired) electrons. The van der Waals surface area contributed by atoms with Gasteiger partial charge in [0.15, 0.2) is 0 Å². The molecule has 1 amide bonds. The standard InChI is InChI=1S/C21H31N3O4S/c1-12-17-16(13(2)25)20(26)24(17)18(21(27)28)19(12)29-15-10-14(22-11-15)6-5-9-23-7-3-4-8-23/h5-6,12-17,22,25H,3-4,7-11H2,1-2H3,(H,27,28)/b6-5+/t12-,13-,14-,15+,16-,17-/m1/s1. The molecule has 0 unspecified atom stereocenters. The Kier molecular flexibility index (Phi) is 6.06. The number of fused-ring (bicyclic) bond motifs is 1. The van der Waals surface area contributed by atoms with Gasteiger partial charge in [-0.05, 0) is 39.3 Å². The van der Waals surface area contributed by atoms with E-state index in [0.29, 0.717) is 6.04 Å². The van der Waals surface area contributed by atoms with Crippen molar-refractivity contribution in [3.05, 3.63) is 22.8 Å². The smallest absolute Gasteiger partial charge is 0.353 e. The Morgan fingerprint density at radius 3 is 2.76 bits per heavy atom. The summed E-state index contributed by atoms with van der Waals surface area (Å²) in [5.41, 5.74) is 0.127. The van der Waals surface area contributed by atoms with E-state index in [0.717, 1.165) is 24.4 Å². The molecular weight excluding hydrogens is 390 g/mol. The molecule has 7 nitrogen and oxygen atoms in total. The number of β-lactam (4-membered cyclic amide) rings is 1. The number of aliphatic hydroxyl groups is 1. The molecule has 4 aliphatic heterocycles. The van der Waals surface area contributed by atoms with Gasteiger partial charge in [0.1, 0.15) is 5.70 Å². The lowest BCUT2D eigenvalue weighted by atomic mass is 9.79. The fraction of sp³-hybridized carbons (Fsp3) is 0.714. The SMILES string of the molecule is C[C@@H](O)[C@H]1C(=O)N2C(C(=O)O)=C(S[C@@H]3CN[C@H](/C=C/CN4CCCC4)C3)[C@H](C)[C@H]12. The van der Waals surface area contributed by atoms with Gasteiger partial charge in [0.2, 0.25) is 5.91 Å². The normalized spacial score (nSPS) is 36.2. The van der Waals surface area contributed by atoms with Crippen molar-refractivity contribution in [2.45, 2.75) is 56.5 Å². The topological polar surface area (TPSA) is 93.1 Å². The van der Waals surface area contributed by atoms with Crippen LogP contribution in [0, 0.1) is 11.8 Å². The first-order valence-corrected chi connectivity index (χ1v) is 11.5. The van der Waals surface area contributed by atoms with Gasteiger partial charge < -0.3 is 20.4 Å². The number of nitrogens with one attached hydrogen (secondary N) is 1. The van der Waals surface area contributed by atoms with E-state index in [-0.39, 0.29) is 28.8 Å². The molecule has 0 saturated carbocycles. The molecule has 3 N–H and O–H groups in total. The highest BCUT2D eigenvalue weighted by Gasteiger charge is 2.60. The Balaban J connectivity index is 1.39. The fourth-order valence-corrected chi connectivity index (χ4v) is 6.66. The third-order valence-corrected chi connectivity index (χ3v) is 8.17. The summed E-state index contributed by atoms with van der Waals surface area (Å²) < 4.78 is 0. The van der Waals surface area contributed by atoms with Gasteiger partial charge in [-0.15, -0.1) is 11.8 Å². The van der Waals surface area contributed by atoms with Crippen LogP contribution in [0.3, 0.4) is 0 Å². The molecule has 0 spiro atoms. The van der Waals surface area contributed by atoms with Crippen molar-refractivity contribution in [2.24, 2.45) is 11.8 Å². The molecule has 3 saturated heterocycles. The molecule has 0 aromatic heterocycles. The molecule has 6 atom stereocenters. The van der Waals surface area contributed by atoms with Gasteiger partial charge >= 0.3 is 5.97 Å². The Bertz CT molecular complexity index is 731. The van der Waals surface area contributed by atoms with Crippen molar-refractivity contribution in [1.29, 1.82) is 0 Å². The fourth-order valence-electron chi connectivity index (χ4n) is 5.17. The summed E-state index contributed by atoms with van der Waals surface area (Å²) in [6.45, 7) is 7.79. The summed E-state index contributed by atoms with van der Waals surface area (Å²) in [5, 5.41) is 23.5. The Morgan fingerprint density at radius 2 is 2.10 bits per heavy atom. The second-order valence-electron chi connectivity index (χ2n) is 8.70. The Morgan fingerprint density at radius 1 is 1.38 bits per heavy atom. The monoisotopic (exact) mass is 421 g/mol. The van der Waals surface area contributed by atoms with Gasteiger partial charge in [0, 0.05) is 35.2 Å². The molecular formula is C21H31N3O4S. The van der Waals surface area contributed by atoms with E-state index >= 15 is 0 Å². The van der Waals surface area contributed by atoms with Gasteiger partial charge in [0.25, 0.3) is 0 Å². The molecule has 0 aromatic rings. The van der Waals surface area contributed by atoms with E-state index in [2.05, 4.69) is 22.4 Å². The third kappa shape index (κ3) is 3.87. The maximum atomic E-state index is 12.4. The first-order valence-electron chi connectivity index (χ1n) is 10.7. The number of carboxylic acids is 1. The minimum atomic E-state index is -1.05. The maximum Gasteiger partial charge on any atom is 0.353 e. The molecule has 0 aromatic carbocycles. The first kappa shape index (κ1) is 20.9. The number of hydrogen-bond acceptors (Lipinski definition) is 6. The number of thioether (sulfide) groups is 1. The number of carboxylic acid groups (broad SMARTS) is 1. The number of rotatable bonds is 7. The van der Waals surface area contributed by atoms with Crippen LogP contribution < -0.4 is 5.32 Å². The summed E-state index contributed by atoms with van der Waals surface area (Å²) in [5.74, 6) is -1.88. The van der Waals surface area contributed by atoms with Gasteiger partial charge in [0.05, 0.1) is 18.1 Å². The summed E-state index contributed by atoms with van der Waals surface area (Å²) >= 11 is 1.60. The zero-order valence-corrected chi connectivity index (χ0v) is 17.9. The van der Waals surface area contributed by atoms with Crippen molar-refractivity contribution in [2.75, 3.05) is 26.2 Å². The summed E-state index contributed by atoms with van der Waals surface area (Å²) in [7, 11) is 0. The van der Waals surface area contributed by atoms with E-state index in [1.54, 1.807) is 18.7 Å². The van der Waals surface area contributed by atoms with Crippen LogP contribution in [0.4, 0.5) is 0 Å². The predicted molar refractivity (Wildman–Crippen MR) is 112 cm³/mol. The van der Waals surface area contributed by atoms with Crippen LogP contribution in [0.1, 0.15) is 33.1 Å². The molecule has 4 rings (SSSR count). The number of amides is 1. The van der Waals surface area contributed by atoms with E-state index in [1.165, 1.54) is 30.8 Å². The molecule has 160 valence electrons. The van der Waals surface area contributed by atoms with Crippen molar-refractivity contribution in [3.8, 4) is 0 Å². The van der Waals surface area contributed by atoms with Crippen LogP contribution in [-0.4, -0.2) is 81.5 Å². The van der Waals surface area contributed by atoms with Crippen LogP contribution in [0.5, 0.6) is 0 Å². The maximum absolute atomic E-state index is 12.4. The first-order chi connectivity index (χ1) is 13.9. The van der Waals surface area contributed by atoms with Crippen LogP contribution in [0.2, 0.25) is 0 Å². The average molecular weight is 422 g/mol. The Hall–Kier alpha value is -1.35. The lowest BCUT2D eigenvalue weighted by Gasteiger charge is -2.46. The van der Waals surface area contributed by atoms with E-state index in [1.807, 2.05) is 6.92 Å². The quantitative estimate of drug-likeness (QED) is 0.421. The second kappa shape index (κ2) is 8.41. The zero-order chi connectivity index (χ0) is 20.7. The summed E-state index contributed by atoms with van der Waals surface area (Å²) in [6.07, 6.45) is 7.26. The van der Waals surface area contributed by atoms with E-state index in [9.17, 15) is 19.8 Å². The molecule has 0 bridgehead atoms. The highest BCUT2D eigenvalue weighted by atomic mass is 32.2. The number of nitrogens with zero attached hydrogens (tertiary/aromatic N) is 2. The zero-order valence-electron chi connectivity index (χ0n) is 17.1. The minimum Gasteiger partial charge on any atom is -0.477 e. The molecule has 29 heavy (non-hydrogen) atoms. The molecule has 4 heterocycles. The molecule has 3 fully saturated rings. The number of aliphatic hydroxyl groups excluding tert-OH is 1. The third-order valence-electron chi connectivity index (χ3n) is 6.66. The van der Waals surface area contributed by atoms with Gasteiger partial charge in [-0.2, -0.15) is 0 Å². The highest BCUT2D eigenvalue weighted by molar-refractivity contribution is 8.03. The van der Waals surface area contributed by atoms with Gasteiger partial charge in [-0.1, -0.05) is 19.1 Å². The second-order valence-corrected chi connectivity index (χ2v) is 10.0. The highest BCUT2D eigenvalue weighted by Crippen LogP contribution is 2.51. The number of likely N-dealkylation sites (tertiary alicyclic amines) is 1. The van der Waals surface area contributed by atoms with Crippen molar-refractivity contribution in [3.63, 3.8) is 0 Å². The van der Waals surface area contributed by atoms with Crippen molar-refractivity contribution >= 4 is 23.6 Å². The molecule has 0 aliphatic carbocycles. The van der Waals surface area contributed by atoms with Gasteiger partial charge in [-0.25, -0.2) is 4.79 Å². The lowest BCUT2D eigenvalue weighted by Crippen LogP contribution is -2.63. The average Bonchev–Trinajstić information content (AvgIpc) is 3.37. The summed E-state index contributed by atoms with van der Waals surface area (Å²) in [4.78, 5) is 29.0. The van der Waals surface area contributed by atoms with Crippen LogP contribution in [-0.2, 0) is 9.59 Å². The number of aliphatic carboxylic acids is 1. The largest absolute Gasteiger partial charge is 0.477 e. The van der Waals surface area contributed by atoms with Crippen LogP contribution in [0.15, 0.2) is 22.8 Å². The number of carbonyl (C=O) groups excluding carboxylic acids is 1. The molecule has 4 aliphatic rings. The van der Waals surface area contributed by atoms with Crippen LogP contribution in [0.25, 0.3) is 0 Å². The van der Waals surface area contributed by atoms with E-state index < -0.39 is 18.0 Å².